The van der Waals surface area contributed by atoms with E-state index in [9.17, 15) is 4.79 Å². The van der Waals surface area contributed by atoms with E-state index in [4.69, 9.17) is 14.8 Å². The van der Waals surface area contributed by atoms with Crippen molar-refractivity contribution < 1.29 is 9.53 Å². The van der Waals surface area contributed by atoms with E-state index in [0.29, 0.717) is 4.88 Å². The van der Waals surface area contributed by atoms with Crippen molar-refractivity contribution in [1.29, 1.82) is 0 Å². The van der Waals surface area contributed by atoms with Crippen LogP contribution in [-0.4, -0.2) is 48.0 Å². The van der Waals surface area contributed by atoms with Crippen molar-refractivity contribution in [2.24, 2.45) is 5.73 Å². The van der Waals surface area contributed by atoms with E-state index in [0.717, 1.165) is 57.7 Å². The molecule has 2 N–H and O–H groups in total. The molecule has 23 heavy (non-hydrogen) atoms. The summed E-state index contributed by atoms with van der Waals surface area (Å²) in [6.07, 6.45) is 2.86. The summed E-state index contributed by atoms with van der Waals surface area (Å²) in [7, 11) is 0. The van der Waals surface area contributed by atoms with Crippen LogP contribution in [0.2, 0.25) is 0 Å². The minimum Gasteiger partial charge on any atom is -0.379 e. The van der Waals surface area contributed by atoms with Gasteiger partial charge in [0, 0.05) is 37.0 Å². The van der Waals surface area contributed by atoms with Gasteiger partial charge in [0.25, 0.3) is 5.91 Å². The number of thiophene rings is 1. The number of primary amides is 1. The van der Waals surface area contributed by atoms with Gasteiger partial charge in [0.2, 0.25) is 0 Å². The summed E-state index contributed by atoms with van der Waals surface area (Å²) in [6, 6.07) is 0. The number of hydrogen-bond acceptors (Lipinski definition) is 6. The zero-order valence-corrected chi connectivity index (χ0v) is 14.5. The summed E-state index contributed by atoms with van der Waals surface area (Å²) in [5, 5.41) is 2.07. The Bertz CT molecular complexity index is 732. The van der Waals surface area contributed by atoms with Gasteiger partial charge in [-0.1, -0.05) is 0 Å². The Kier molecular flexibility index (Phi) is 4.19. The molecule has 0 aromatic carbocycles. The average Bonchev–Trinajstić information content (AvgIpc) is 3.17. The van der Waals surface area contributed by atoms with Gasteiger partial charge in [0.15, 0.2) is 0 Å². The summed E-state index contributed by atoms with van der Waals surface area (Å²) < 4.78 is 10.1. The molecule has 1 aliphatic heterocycles. The first-order chi connectivity index (χ1) is 11.2. The lowest BCUT2D eigenvalue weighted by Gasteiger charge is -2.26. The highest BCUT2D eigenvalue weighted by atomic mass is 32.1. The summed E-state index contributed by atoms with van der Waals surface area (Å²) in [5.41, 5.74) is 10.4. The van der Waals surface area contributed by atoms with Crippen molar-refractivity contribution in [2.75, 3.05) is 32.8 Å². The minimum atomic E-state index is -0.309. The molecule has 7 heteroatoms. The third kappa shape index (κ3) is 2.82. The SMILES string of the molecule is NC(=O)c1scc2c1CCc1c(CCN3CCOCC3)nsc1-2. The Labute approximate surface area is 143 Å². The van der Waals surface area contributed by atoms with Crippen molar-refractivity contribution in [1.82, 2.24) is 9.27 Å². The van der Waals surface area contributed by atoms with Crippen LogP contribution in [0.5, 0.6) is 0 Å². The lowest BCUT2D eigenvalue weighted by atomic mass is 9.91. The second-order valence-electron chi connectivity index (χ2n) is 5.96. The number of fused-ring (bicyclic) bond motifs is 3. The molecular formula is C16H19N3O2S2. The lowest BCUT2D eigenvalue weighted by molar-refractivity contribution is 0.0383. The van der Waals surface area contributed by atoms with Crippen molar-refractivity contribution >= 4 is 28.8 Å². The van der Waals surface area contributed by atoms with Crippen molar-refractivity contribution in [3.05, 3.63) is 27.1 Å². The first kappa shape index (κ1) is 15.3. The van der Waals surface area contributed by atoms with Gasteiger partial charge in [-0.25, -0.2) is 0 Å². The molecule has 4 rings (SSSR count). The van der Waals surface area contributed by atoms with Gasteiger partial charge in [-0.2, -0.15) is 4.37 Å². The fourth-order valence-electron chi connectivity index (χ4n) is 3.37. The number of aromatic nitrogens is 1. The Hall–Kier alpha value is -1.28. The molecule has 0 saturated carbocycles. The Morgan fingerprint density at radius 3 is 2.87 bits per heavy atom. The molecule has 0 spiro atoms. The first-order valence-corrected chi connectivity index (χ1v) is 9.57. The molecule has 1 aliphatic carbocycles. The molecule has 3 heterocycles. The molecule has 0 unspecified atom stereocenters. The second kappa shape index (κ2) is 6.32. The maximum Gasteiger partial charge on any atom is 0.259 e. The second-order valence-corrected chi connectivity index (χ2v) is 7.62. The van der Waals surface area contributed by atoms with Crippen LogP contribution in [0.3, 0.4) is 0 Å². The molecule has 5 nitrogen and oxygen atoms in total. The number of carbonyl (C=O) groups is 1. The quantitative estimate of drug-likeness (QED) is 0.916. The molecule has 1 fully saturated rings. The van der Waals surface area contributed by atoms with Gasteiger partial charge >= 0.3 is 0 Å². The molecule has 122 valence electrons. The molecule has 2 aromatic heterocycles. The van der Waals surface area contributed by atoms with Crippen molar-refractivity contribution in [2.45, 2.75) is 19.3 Å². The molecule has 2 aliphatic rings. The Balaban J connectivity index is 1.54. The van der Waals surface area contributed by atoms with E-state index in [2.05, 4.69) is 10.3 Å². The molecular weight excluding hydrogens is 330 g/mol. The standard InChI is InChI=1S/C16H19N3O2S2/c17-16(20)15-10-1-2-11-13(3-4-19-5-7-21-8-6-19)18-23-14(11)12(10)9-22-15/h9H,1-8H2,(H2,17,20). The smallest absolute Gasteiger partial charge is 0.259 e. The van der Waals surface area contributed by atoms with Crippen LogP contribution in [0.15, 0.2) is 5.38 Å². The summed E-state index contributed by atoms with van der Waals surface area (Å²) in [4.78, 5) is 15.9. The van der Waals surface area contributed by atoms with E-state index in [1.54, 1.807) is 11.5 Å². The summed E-state index contributed by atoms with van der Waals surface area (Å²) in [5.74, 6) is -0.309. The maximum absolute atomic E-state index is 11.5. The fraction of sp³-hybridized carbons (Fsp3) is 0.500. The zero-order valence-electron chi connectivity index (χ0n) is 12.8. The number of carbonyl (C=O) groups excluding carboxylic acids is 1. The number of hydrogen-bond donors (Lipinski definition) is 1. The summed E-state index contributed by atoms with van der Waals surface area (Å²) in [6.45, 7) is 4.75. The number of nitrogens with zero attached hydrogens (tertiary/aromatic N) is 2. The molecule has 0 atom stereocenters. The average molecular weight is 349 g/mol. The van der Waals surface area contributed by atoms with Crippen LogP contribution in [0.25, 0.3) is 10.4 Å². The Morgan fingerprint density at radius 1 is 1.30 bits per heavy atom. The van der Waals surface area contributed by atoms with Crippen LogP contribution in [0, 0.1) is 0 Å². The highest BCUT2D eigenvalue weighted by molar-refractivity contribution is 7.14. The van der Waals surface area contributed by atoms with Gasteiger partial charge in [0.1, 0.15) is 0 Å². The van der Waals surface area contributed by atoms with Gasteiger partial charge < -0.3 is 10.5 Å². The largest absolute Gasteiger partial charge is 0.379 e. The predicted octanol–water partition coefficient (Wildman–Crippen LogP) is 1.94. The van der Waals surface area contributed by atoms with Crippen LogP contribution in [0.1, 0.15) is 26.5 Å². The number of nitrogens with two attached hydrogens (primary N) is 1. The van der Waals surface area contributed by atoms with E-state index in [-0.39, 0.29) is 5.91 Å². The molecule has 2 aromatic rings. The highest BCUT2D eigenvalue weighted by Gasteiger charge is 2.27. The normalized spacial score (nSPS) is 17.7. The van der Waals surface area contributed by atoms with E-state index in [1.807, 2.05) is 0 Å². The van der Waals surface area contributed by atoms with Gasteiger partial charge in [0.05, 0.1) is 28.7 Å². The molecule has 1 amide bonds. The Morgan fingerprint density at radius 2 is 2.09 bits per heavy atom. The van der Waals surface area contributed by atoms with Gasteiger partial charge in [-0.3, -0.25) is 9.69 Å². The third-order valence-corrected chi connectivity index (χ3v) is 6.62. The van der Waals surface area contributed by atoms with Crippen LogP contribution in [0.4, 0.5) is 0 Å². The van der Waals surface area contributed by atoms with Gasteiger partial charge in [-0.05, 0) is 35.5 Å². The number of ether oxygens (including phenoxy) is 1. The van der Waals surface area contributed by atoms with Gasteiger partial charge in [-0.15, -0.1) is 11.3 Å². The number of rotatable bonds is 4. The summed E-state index contributed by atoms with van der Waals surface area (Å²) >= 11 is 3.03. The van der Waals surface area contributed by atoms with Crippen molar-refractivity contribution in [3.63, 3.8) is 0 Å². The van der Waals surface area contributed by atoms with E-state index < -0.39 is 0 Å². The van der Waals surface area contributed by atoms with E-state index >= 15 is 0 Å². The maximum atomic E-state index is 11.5. The van der Waals surface area contributed by atoms with Crippen LogP contribution >= 0.6 is 22.9 Å². The molecule has 1 saturated heterocycles. The van der Waals surface area contributed by atoms with E-state index in [1.165, 1.54) is 33.0 Å². The predicted molar refractivity (Wildman–Crippen MR) is 92.3 cm³/mol. The van der Waals surface area contributed by atoms with Crippen molar-refractivity contribution in [3.8, 4) is 10.4 Å². The van der Waals surface area contributed by atoms with Crippen LogP contribution < -0.4 is 5.73 Å². The monoisotopic (exact) mass is 349 g/mol. The third-order valence-electron chi connectivity index (χ3n) is 4.63. The number of morpholine rings is 1. The highest BCUT2D eigenvalue weighted by Crippen LogP contribution is 2.42. The van der Waals surface area contributed by atoms with Crippen LogP contribution in [-0.2, 0) is 24.0 Å². The molecule has 0 radical (unpaired) electrons. The fourth-order valence-corrected chi connectivity index (χ4v) is 5.43. The lowest BCUT2D eigenvalue weighted by Crippen LogP contribution is -2.37. The number of amides is 1. The minimum absolute atomic E-state index is 0.309. The first-order valence-electron chi connectivity index (χ1n) is 7.92. The molecule has 0 bridgehead atoms. The zero-order chi connectivity index (χ0) is 15.8. The topological polar surface area (TPSA) is 68.5 Å².